The summed E-state index contributed by atoms with van der Waals surface area (Å²) in [5.74, 6) is 1.88. The summed E-state index contributed by atoms with van der Waals surface area (Å²) in [6.45, 7) is 1.54. The van der Waals surface area contributed by atoms with Crippen LogP contribution in [0.25, 0.3) is 0 Å². The molecule has 4 aliphatic carbocycles. The molecular formula is C28H33NO6S. The Hall–Kier alpha value is -2.87. The lowest BCUT2D eigenvalue weighted by atomic mass is 9.48. The largest absolute Gasteiger partial charge is 0.482 e. The topological polar surface area (TPSA) is 90.0 Å². The minimum Gasteiger partial charge on any atom is -0.482 e. The zero-order valence-corrected chi connectivity index (χ0v) is 21.4. The highest BCUT2D eigenvalue weighted by Gasteiger charge is 2.54. The first-order valence-corrected chi connectivity index (χ1v) is 14.2. The third-order valence-corrected chi connectivity index (χ3v) is 10.0. The number of carbonyl (C=O) groups is 2. The van der Waals surface area contributed by atoms with Crippen molar-refractivity contribution in [2.24, 2.45) is 23.2 Å². The van der Waals surface area contributed by atoms with Gasteiger partial charge in [-0.25, -0.2) is 13.2 Å². The van der Waals surface area contributed by atoms with Crippen LogP contribution in [0.3, 0.4) is 0 Å². The molecule has 0 heterocycles. The molecule has 2 aromatic rings. The number of hydrogen-bond acceptors (Lipinski definition) is 6. The van der Waals surface area contributed by atoms with Gasteiger partial charge in [0.05, 0.1) is 10.6 Å². The fourth-order valence-electron chi connectivity index (χ4n) is 6.85. The molecule has 0 amide bonds. The van der Waals surface area contributed by atoms with E-state index >= 15 is 0 Å². The number of sulfonamides is 1. The molecule has 6 rings (SSSR count). The first kappa shape index (κ1) is 24.8. The number of rotatable bonds is 10. The van der Waals surface area contributed by atoms with Crippen LogP contribution in [-0.2, 0) is 24.3 Å². The third kappa shape index (κ3) is 4.88. The van der Waals surface area contributed by atoms with Crippen molar-refractivity contribution in [3.63, 3.8) is 0 Å². The van der Waals surface area contributed by atoms with Gasteiger partial charge in [-0.1, -0.05) is 18.2 Å². The van der Waals surface area contributed by atoms with Gasteiger partial charge in [-0.2, -0.15) is 0 Å². The number of ketones is 1. The molecule has 0 spiro atoms. The predicted octanol–water partition coefficient (Wildman–Crippen LogP) is 4.61. The number of hydrogen-bond donors (Lipinski definition) is 0. The van der Waals surface area contributed by atoms with E-state index in [4.69, 9.17) is 9.47 Å². The molecular weight excluding hydrogens is 478 g/mol. The van der Waals surface area contributed by atoms with E-state index in [1.54, 1.807) is 61.5 Å². The van der Waals surface area contributed by atoms with Crippen LogP contribution in [0.1, 0.15) is 45.4 Å². The first-order valence-electron chi connectivity index (χ1n) is 12.8. The highest BCUT2D eigenvalue weighted by Crippen LogP contribution is 2.60. The number of nitrogens with zero attached hydrogens (tertiary/aromatic N) is 1. The molecule has 0 aromatic heterocycles. The maximum absolute atomic E-state index is 13.0. The molecule has 2 aromatic carbocycles. The molecule has 0 saturated heterocycles. The molecule has 192 valence electrons. The van der Waals surface area contributed by atoms with E-state index in [0.29, 0.717) is 29.2 Å². The Labute approximate surface area is 212 Å². The summed E-state index contributed by atoms with van der Waals surface area (Å²) in [5.41, 5.74) is 0.217. The molecule has 4 fully saturated rings. The zero-order valence-electron chi connectivity index (χ0n) is 20.6. The van der Waals surface area contributed by atoms with Crippen molar-refractivity contribution in [2.75, 3.05) is 24.1 Å². The quantitative estimate of drug-likeness (QED) is 0.433. The van der Waals surface area contributed by atoms with Crippen LogP contribution < -0.4 is 9.04 Å². The number of Topliss-reactive ketones (excluding diaryl/α,β-unsaturated/α-hetero) is 1. The number of ether oxygens (including phenoxy) is 2. The zero-order chi connectivity index (χ0) is 25.3. The molecule has 0 radical (unpaired) electrons. The third-order valence-electron chi connectivity index (χ3n) is 8.09. The second kappa shape index (κ2) is 9.88. The highest BCUT2D eigenvalue weighted by molar-refractivity contribution is 7.92. The van der Waals surface area contributed by atoms with Gasteiger partial charge in [0.1, 0.15) is 5.75 Å². The van der Waals surface area contributed by atoms with Crippen molar-refractivity contribution < 1.29 is 27.5 Å². The van der Waals surface area contributed by atoms with Crippen LogP contribution in [0.15, 0.2) is 59.5 Å². The van der Waals surface area contributed by atoms with Crippen LogP contribution >= 0.6 is 0 Å². The minimum atomic E-state index is -3.69. The Morgan fingerprint density at radius 1 is 0.889 bits per heavy atom. The maximum atomic E-state index is 13.0. The van der Waals surface area contributed by atoms with Crippen LogP contribution in [-0.4, -0.2) is 39.9 Å². The van der Waals surface area contributed by atoms with Gasteiger partial charge in [0, 0.05) is 12.0 Å². The number of esters is 1. The van der Waals surface area contributed by atoms with E-state index < -0.39 is 16.0 Å². The smallest absolute Gasteiger partial charge is 0.344 e. The molecule has 0 unspecified atom stereocenters. The average molecular weight is 512 g/mol. The van der Waals surface area contributed by atoms with Crippen LogP contribution in [0, 0.1) is 23.2 Å². The molecule has 0 N–H and O–H groups in total. The van der Waals surface area contributed by atoms with Crippen molar-refractivity contribution >= 4 is 27.5 Å². The lowest BCUT2D eigenvalue weighted by Crippen LogP contribution is -2.51. The van der Waals surface area contributed by atoms with Crippen molar-refractivity contribution in [1.82, 2.24) is 0 Å². The first-order chi connectivity index (χ1) is 17.3. The Balaban J connectivity index is 1.13. The molecule has 0 atom stereocenters. The van der Waals surface area contributed by atoms with Crippen molar-refractivity contribution in [3.05, 3.63) is 54.6 Å². The number of carbonyl (C=O) groups excluding carboxylic acids is 2. The van der Waals surface area contributed by atoms with Gasteiger partial charge in [0.15, 0.2) is 19.0 Å². The van der Waals surface area contributed by atoms with Gasteiger partial charge in [-0.15, -0.1) is 0 Å². The fraction of sp³-hybridized carbons (Fsp3) is 0.500. The van der Waals surface area contributed by atoms with E-state index in [-0.39, 0.29) is 35.9 Å². The molecule has 7 nitrogen and oxygen atoms in total. The molecule has 4 bridgehead atoms. The van der Waals surface area contributed by atoms with E-state index in [1.807, 2.05) is 0 Å². The Kier molecular flexibility index (Phi) is 6.81. The summed E-state index contributed by atoms with van der Waals surface area (Å²) < 4.78 is 38.1. The summed E-state index contributed by atoms with van der Waals surface area (Å²) in [7, 11) is -3.69. The van der Waals surface area contributed by atoms with Crippen molar-refractivity contribution in [2.45, 2.75) is 50.3 Å². The Morgan fingerprint density at radius 3 is 2.03 bits per heavy atom. The van der Waals surface area contributed by atoms with Crippen molar-refractivity contribution in [1.29, 1.82) is 0 Å². The van der Waals surface area contributed by atoms with Crippen molar-refractivity contribution in [3.8, 4) is 5.75 Å². The highest BCUT2D eigenvalue weighted by atomic mass is 32.2. The van der Waals surface area contributed by atoms with E-state index in [0.717, 1.165) is 19.3 Å². The summed E-state index contributed by atoms with van der Waals surface area (Å²) >= 11 is 0. The van der Waals surface area contributed by atoms with Gasteiger partial charge < -0.3 is 9.47 Å². The minimum absolute atomic E-state index is 0.0681. The summed E-state index contributed by atoms with van der Waals surface area (Å²) in [6.07, 6.45) is 6.63. The SMILES string of the molecule is CCN(c1ccc(OCC(=O)OCC(=O)C23CC4CC(CC(C4)C2)C3)cc1)S(=O)(=O)c1ccccc1. The summed E-state index contributed by atoms with van der Waals surface area (Å²) in [6, 6.07) is 14.8. The monoisotopic (exact) mass is 511 g/mol. The lowest BCUT2D eigenvalue weighted by Gasteiger charge is -2.55. The number of benzene rings is 2. The van der Waals surface area contributed by atoms with E-state index in [1.165, 1.54) is 23.6 Å². The second-order valence-corrected chi connectivity index (χ2v) is 12.4. The Bertz CT molecular complexity index is 1170. The van der Waals surface area contributed by atoms with Crippen LogP contribution in [0.2, 0.25) is 0 Å². The number of anilines is 1. The van der Waals surface area contributed by atoms with Crippen LogP contribution in [0.5, 0.6) is 5.75 Å². The average Bonchev–Trinajstić information content (AvgIpc) is 2.87. The normalized spacial score (nSPS) is 26.4. The molecule has 36 heavy (non-hydrogen) atoms. The predicted molar refractivity (Wildman–Crippen MR) is 135 cm³/mol. The van der Waals surface area contributed by atoms with E-state index in [2.05, 4.69) is 0 Å². The Morgan fingerprint density at radius 2 is 1.47 bits per heavy atom. The lowest BCUT2D eigenvalue weighted by molar-refractivity contribution is -0.158. The summed E-state index contributed by atoms with van der Waals surface area (Å²) in [5, 5.41) is 0. The van der Waals surface area contributed by atoms with Gasteiger partial charge in [0.25, 0.3) is 10.0 Å². The van der Waals surface area contributed by atoms with Gasteiger partial charge in [0.2, 0.25) is 0 Å². The molecule has 8 heteroatoms. The molecule has 4 aliphatic rings. The summed E-state index contributed by atoms with van der Waals surface area (Å²) in [4.78, 5) is 25.5. The standard InChI is InChI=1S/C28H33NO6S/c1-2-29(36(32,33)25-6-4-3-5-7-25)23-8-10-24(11-9-23)34-19-27(31)35-18-26(30)28-15-20-12-21(16-28)14-22(13-20)17-28/h3-11,20-22H,2,12-19H2,1H3. The molecule has 4 saturated carbocycles. The second-order valence-electron chi connectivity index (χ2n) is 10.5. The molecule has 0 aliphatic heterocycles. The van der Waals surface area contributed by atoms with E-state index in [9.17, 15) is 18.0 Å². The van der Waals surface area contributed by atoms with Gasteiger partial charge in [-0.05, 0) is 99.6 Å². The van der Waals surface area contributed by atoms with Gasteiger partial charge in [-0.3, -0.25) is 9.10 Å². The van der Waals surface area contributed by atoms with Crippen LogP contribution in [0.4, 0.5) is 5.69 Å². The van der Waals surface area contributed by atoms with Gasteiger partial charge >= 0.3 is 5.97 Å². The maximum Gasteiger partial charge on any atom is 0.344 e. The fourth-order valence-corrected chi connectivity index (χ4v) is 8.35.